The zero-order chi connectivity index (χ0) is 21.8. The van der Waals surface area contributed by atoms with Crippen LogP contribution in [-0.2, 0) is 13.1 Å². The van der Waals surface area contributed by atoms with Crippen LogP contribution >= 0.6 is 0 Å². The van der Waals surface area contributed by atoms with Gasteiger partial charge in [0.15, 0.2) is 5.69 Å². The largest absolute Gasteiger partial charge is 0.347 e. The first-order chi connectivity index (χ1) is 15.0. The van der Waals surface area contributed by atoms with Crippen LogP contribution in [0, 0.1) is 12.7 Å². The van der Waals surface area contributed by atoms with E-state index in [0.29, 0.717) is 30.8 Å². The van der Waals surface area contributed by atoms with Gasteiger partial charge < -0.3 is 10.2 Å². The second-order valence-electron chi connectivity index (χ2n) is 7.75. The monoisotopic (exact) mass is 421 g/mol. The van der Waals surface area contributed by atoms with E-state index in [9.17, 15) is 14.0 Å². The van der Waals surface area contributed by atoms with E-state index < -0.39 is 0 Å². The average Bonchev–Trinajstić information content (AvgIpc) is 3.44. The van der Waals surface area contributed by atoms with Crippen molar-refractivity contribution >= 4 is 11.8 Å². The maximum absolute atomic E-state index is 13.9. The summed E-state index contributed by atoms with van der Waals surface area (Å²) in [5, 5.41) is 10.8. The first kappa shape index (κ1) is 20.7. The molecule has 2 aromatic carbocycles. The van der Waals surface area contributed by atoms with Gasteiger partial charge in [-0.15, -0.1) is 5.10 Å². The molecule has 1 aromatic heterocycles. The number of rotatable bonds is 6. The molecule has 1 N–H and O–H groups in total. The molecule has 8 heteroatoms. The Kier molecular flexibility index (Phi) is 6.06. The van der Waals surface area contributed by atoms with Crippen LogP contribution in [0.3, 0.4) is 0 Å². The van der Waals surface area contributed by atoms with Gasteiger partial charge in [-0.3, -0.25) is 9.59 Å². The molecule has 31 heavy (non-hydrogen) atoms. The van der Waals surface area contributed by atoms with Crippen molar-refractivity contribution in [2.24, 2.45) is 0 Å². The van der Waals surface area contributed by atoms with Gasteiger partial charge in [-0.05, 0) is 43.0 Å². The third-order valence-electron chi connectivity index (χ3n) is 5.52. The first-order valence-corrected chi connectivity index (χ1v) is 10.3. The molecule has 4 rings (SSSR count). The maximum atomic E-state index is 13.9. The smallest absolute Gasteiger partial charge is 0.273 e. The number of carbonyl (C=O) groups excluding carboxylic acids is 2. The number of nitrogens with zero attached hydrogens (tertiary/aromatic N) is 4. The van der Waals surface area contributed by atoms with Crippen molar-refractivity contribution in [1.29, 1.82) is 0 Å². The van der Waals surface area contributed by atoms with Gasteiger partial charge in [-0.1, -0.05) is 41.6 Å². The van der Waals surface area contributed by atoms with Crippen molar-refractivity contribution < 1.29 is 14.0 Å². The van der Waals surface area contributed by atoms with Crippen molar-refractivity contribution in [2.75, 3.05) is 6.54 Å². The molecule has 2 heterocycles. The zero-order valence-corrected chi connectivity index (χ0v) is 17.3. The minimum absolute atomic E-state index is 0.0844. The van der Waals surface area contributed by atoms with Crippen LogP contribution in [0.1, 0.15) is 44.8 Å². The van der Waals surface area contributed by atoms with Crippen molar-refractivity contribution in [1.82, 2.24) is 25.2 Å². The van der Waals surface area contributed by atoms with Crippen molar-refractivity contribution in [3.63, 3.8) is 0 Å². The highest BCUT2D eigenvalue weighted by atomic mass is 19.1. The predicted octanol–water partition coefficient (Wildman–Crippen LogP) is 2.96. The van der Waals surface area contributed by atoms with Crippen LogP contribution in [0.25, 0.3) is 0 Å². The summed E-state index contributed by atoms with van der Waals surface area (Å²) in [6.07, 6.45) is 3.27. The molecule has 160 valence electrons. The summed E-state index contributed by atoms with van der Waals surface area (Å²) in [5.41, 5.74) is 2.08. The minimum atomic E-state index is -0.385. The van der Waals surface area contributed by atoms with Crippen LogP contribution in [-0.4, -0.2) is 44.3 Å². The van der Waals surface area contributed by atoms with E-state index in [1.165, 1.54) is 6.07 Å². The number of carbonyl (C=O) groups is 2. The Morgan fingerprint density at radius 1 is 1.19 bits per heavy atom. The summed E-state index contributed by atoms with van der Waals surface area (Å²) in [6.45, 7) is 3.11. The summed E-state index contributed by atoms with van der Waals surface area (Å²) in [4.78, 5) is 27.0. The van der Waals surface area contributed by atoms with E-state index >= 15 is 0 Å². The highest BCUT2D eigenvalue weighted by molar-refractivity contribution is 5.94. The highest BCUT2D eigenvalue weighted by Crippen LogP contribution is 2.22. The maximum Gasteiger partial charge on any atom is 0.273 e. The molecule has 7 nitrogen and oxygen atoms in total. The molecular formula is C23H24FN5O2. The topological polar surface area (TPSA) is 80.1 Å². The molecular weight excluding hydrogens is 397 g/mol. The summed E-state index contributed by atoms with van der Waals surface area (Å²) in [5.74, 6) is -0.879. The summed E-state index contributed by atoms with van der Waals surface area (Å²) >= 11 is 0. The molecule has 1 aliphatic heterocycles. The number of nitrogens with one attached hydrogen (secondary N) is 1. The Bertz CT molecular complexity index is 1080. The summed E-state index contributed by atoms with van der Waals surface area (Å²) in [7, 11) is 0. The second-order valence-corrected chi connectivity index (χ2v) is 7.75. The average molecular weight is 421 g/mol. The van der Waals surface area contributed by atoms with Crippen molar-refractivity contribution in [3.05, 3.63) is 82.9 Å². The van der Waals surface area contributed by atoms with E-state index in [0.717, 1.165) is 18.4 Å². The summed E-state index contributed by atoms with van der Waals surface area (Å²) in [6, 6.07) is 14.1. The predicted molar refractivity (Wildman–Crippen MR) is 113 cm³/mol. The quantitative estimate of drug-likeness (QED) is 0.664. The van der Waals surface area contributed by atoms with E-state index in [2.05, 4.69) is 15.6 Å². The number of aromatic nitrogens is 3. The Morgan fingerprint density at radius 2 is 2.00 bits per heavy atom. The molecule has 1 aliphatic rings. The Morgan fingerprint density at radius 3 is 2.77 bits per heavy atom. The van der Waals surface area contributed by atoms with Gasteiger partial charge in [0.1, 0.15) is 5.82 Å². The SMILES string of the molecule is Cc1ccc(C(=O)N2CCC[C@H]2Cn2cc(C(=O)NCc3ccccc3)nn2)cc1F. The normalized spacial score (nSPS) is 15.8. The fraction of sp³-hybridized carbons (Fsp3) is 0.304. The Hall–Kier alpha value is -3.55. The second kappa shape index (κ2) is 9.07. The molecule has 3 aromatic rings. The number of amides is 2. The minimum Gasteiger partial charge on any atom is -0.347 e. The molecule has 2 amide bonds. The fourth-order valence-electron chi connectivity index (χ4n) is 3.76. The lowest BCUT2D eigenvalue weighted by molar-refractivity contribution is 0.0720. The van der Waals surface area contributed by atoms with Crippen LogP contribution < -0.4 is 5.32 Å². The zero-order valence-electron chi connectivity index (χ0n) is 17.3. The molecule has 0 bridgehead atoms. The van der Waals surface area contributed by atoms with Crippen LogP contribution in [0.5, 0.6) is 0 Å². The van der Waals surface area contributed by atoms with Gasteiger partial charge in [0.2, 0.25) is 0 Å². The van der Waals surface area contributed by atoms with E-state index in [-0.39, 0.29) is 29.4 Å². The molecule has 0 unspecified atom stereocenters. The van der Waals surface area contributed by atoms with Crippen LogP contribution in [0.2, 0.25) is 0 Å². The lowest BCUT2D eigenvalue weighted by atomic mass is 10.1. The number of hydrogen-bond donors (Lipinski definition) is 1. The fourth-order valence-corrected chi connectivity index (χ4v) is 3.76. The van der Waals surface area contributed by atoms with Gasteiger partial charge in [0.05, 0.1) is 18.8 Å². The van der Waals surface area contributed by atoms with Gasteiger partial charge in [-0.25, -0.2) is 9.07 Å². The third kappa shape index (κ3) is 4.79. The molecule has 0 spiro atoms. The van der Waals surface area contributed by atoms with Crippen molar-refractivity contribution in [3.8, 4) is 0 Å². The first-order valence-electron chi connectivity index (χ1n) is 10.3. The van der Waals surface area contributed by atoms with Crippen LogP contribution in [0.4, 0.5) is 4.39 Å². The van der Waals surface area contributed by atoms with Gasteiger partial charge in [0.25, 0.3) is 11.8 Å². The molecule has 1 fully saturated rings. The van der Waals surface area contributed by atoms with Crippen molar-refractivity contribution in [2.45, 2.75) is 38.9 Å². The molecule has 0 radical (unpaired) electrons. The standard InChI is InChI=1S/C23H24FN5O2/c1-16-9-10-18(12-20(16)24)23(31)29-11-5-8-19(29)14-28-15-21(26-27-28)22(30)25-13-17-6-3-2-4-7-17/h2-4,6-7,9-10,12,15,19H,5,8,11,13-14H2,1H3,(H,25,30)/t19-/m0/s1. The molecule has 0 saturated carbocycles. The molecule has 0 aliphatic carbocycles. The van der Waals surface area contributed by atoms with E-state index in [4.69, 9.17) is 0 Å². The van der Waals surface area contributed by atoms with E-state index in [1.54, 1.807) is 34.8 Å². The highest BCUT2D eigenvalue weighted by Gasteiger charge is 2.30. The van der Waals surface area contributed by atoms with E-state index in [1.807, 2.05) is 30.3 Å². The number of halogens is 1. The van der Waals surface area contributed by atoms with Gasteiger partial charge in [0, 0.05) is 18.7 Å². The lowest BCUT2D eigenvalue weighted by Crippen LogP contribution is -2.38. The van der Waals surface area contributed by atoms with Gasteiger partial charge in [-0.2, -0.15) is 0 Å². The molecule has 1 saturated heterocycles. The number of hydrogen-bond acceptors (Lipinski definition) is 4. The molecule has 1 atom stereocenters. The third-order valence-corrected chi connectivity index (χ3v) is 5.52. The Labute approximate surface area is 179 Å². The Balaban J connectivity index is 1.38. The van der Waals surface area contributed by atoms with Gasteiger partial charge >= 0.3 is 0 Å². The lowest BCUT2D eigenvalue weighted by Gasteiger charge is -2.24. The van der Waals surface area contributed by atoms with Crippen LogP contribution in [0.15, 0.2) is 54.7 Å². The summed E-state index contributed by atoms with van der Waals surface area (Å²) < 4.78 is 15.5. The number of likely N-dealkylation sites (tertiary alicyclic amines) is 1. The number of aryl methyl sites for hydroxylation is 1. The number of benzene rings is 2.